The molecule has 3 aromatic rings. The van der Waals surface area contributed by atoms with E-state index in [1.54, 1.807) is 25.1 Å². The van der Waals surface area contributed by atoms with E-state index in [1.165, 1.54) is 30.2 Å². The molecule has 0 spiro atoms. The number of aliphatic hydroxyl groups excluding tert-OH is 1. The predicted octanol–water partition coefficient (Wildman–Crippen LogP) is 4.94. The Hall–Kier alpha value is -4.14. The zero-order valence-corrected chi connectivity index (χ0v) is 19.6. The molecule has 1 N–H and O–H groups in total. The molecule has 0 aliphatic carbocycles. The zero-order valence-electron chi connectivity index (χ0n) is 19.6. The third-order valence-corrected chi connectivity index (χ3v) is 5.68. The second-order valence-electron chi connectivity index (χ2n) is 8.08. The van der Waals surface area contributed by atoms with Crippen LogP contribution in [-0.4, -0.2) is 35.7 Å². The number of hydrogen-bond donors (Lipinski definition) is 1. The highest BCUT2D eigenvalue weighted by Crippen LogP contribution is 2.44. The summed E-state index contributed by atoms with van der Waals surface area (Å²) in [5.41, 5.74) is 0.509. The van der Waals surface area contributed by atoms with Crippen LogP contribution in [0.25, 0.3) is 5.76 Å². The molecule has 1 fully saturated rings. The predicted molar refractivity (Wildman–Crippen MR) is 126 cm³/mol. The fourth-order valence-corrected chi connectivity index (χ4v) is 3.91. The van der Waals surface area contributed by atoms with Gasteiger partial charge >= 0.3 is 5.91 Å². The molecule has 1 saturated heterocycles. The molecule has 4 rings (SSSR count). The van der Waals surface area contributed by atoms with Gasteiger partial charge in [0.15, 0.2) is 17.3 Å². The van der Waals surface area contributed by atoms with Gasteiger partial charge in [-0.05, 0) is 55.3 Å². The van der Waals surface area contributed by atoms with Crippen molar-refractivity contribution in [2.75, 3.05) is 18.6 Å². The topological polar surface area (TPSA) is 102 Å². The van der Waals surface area contributed by atoms with Gasteiger partial charge in [0.25, 0.3) is 5.78 Å². The number of rotatable bonds is 8. The Morgan fingerprint density at radius 3 is 2.51 bits per heavy atom. The minimum absolute atomic E-state index is 0.120. The molecule has 1 amide bonds. The Kier molecular flexibility index (Phi) is 6.86. The van der Waals surface area contributed by atoms with Gasteiger partial charge in [-0.3, -0.25) is 14.5 Å². The molecular weight excluding hydrogens is 455 g/mol. The SMILES string of the molecule is CCCCOc1ccc(C2/C(=C(\O)c3ccc(F)cc3)C(=O)C(=O)N2c2cc(C)on2)cc1OC. The number of ketones is 1. The van der Waals surface area contributed by atoms with E-state index >= 15 is 0 Å². The molecule has 8 nitrogen and oxygen atoms in total. The van der Waals surface area contributed by atoms with E-state index < -0.39 is 29.3 Å². The van der Waals surface area contributed by atoms with Crippen molar-refractivity contribution in [2.24, 2.45) is 0 Å². The van der Waals surface area contributed by atoms with Gasteiger partial charge < -0.3 is 19.1 Å². The van der Waals surface area contributed by atoms with Crippen LogP contribution in [0.5, 0.6) is 11.5 Å². The summed E-state index contributed by atoms with van der Waals surface area (Å²) in [7, 11) is 1.49. The average Bonchev–Trinajstić information content (AvgIpc) is 3.39. The monoisotopic (exact) mass is 480 g/mol. The Labute approximate surface area is 201 Å². The summed E-state index contributed by atoms with van der Waals surface area (Å²) in [6.07, 6.45) is 1.84. The van der Waals surface area contributed by atoms with Crippen molar-refractivity contribution in [3.8, 4) is 11.5 Å². The van der Waals surface area contributed by atoms with E-state index in [1.807, 2.05) is 0 Å². The van der Waals surface area contributed by atoms with E-state index in [4.69, 9.17) is 14.0 Å². The molecule has 2 heterocycles. The number of carbonyl (C=O) groups is 2. The second kappa shape index (κ2) is 10.0. The summed E-state index contributed by atoms with van der Waals surface area (Å²) in [6, 6.07) is 10.5. The van der Waals surface area contributed by atoms with Crippen molar-refractivity contribution in [2.45, 2.75) is 32.7 Å². The second-order valence-corrected chi connectivity index (χ2v) is 8.08. The van der Waals surface area contributed by atoms with Gasteiger partial charge in [0, 0.05) is 11.6 Å². The largest absolute Gasteiger partial charge is 0.507 e. The van der Waals surface area contributed by atoms with Crippen LogP contribution in [0.2, 0.25) is 0 Å². The molecule has 182 valence electrons. The number of aryl methyl sites for hydroxylation is 1. The number of anilines is 1. The van der Waals surface area contributed by atoms with Crippen molar-refractivity contribution in [1.82, 2.24) is 5.16 Å². The van der Waals surface area contributed by atoms with Gasteiger partial charge in [-0.25, -0.2) is 4.39 Å². The first-order valence-corrected chi connectivity index (χ1v) is 11.2. The summed E-state index contributed by atoms with van der Waals surface area (Å²) < 4.78 is 29.9. The molecule has 0 saturated carbocycles. The van der Waals surface area contributed by atoms with Crippen LogP contribution in [-0.2, 0) is 9.59 Å². The van der Waals surface area contributed by atoms with Crippen molar-refractivity contribution in [3.05, 3.63) is 76.8 Å². The first-order chi connectivity index (χ1) is 16.8. The minimum Gasteiger partial charge on any atom is -0.507 e. The molecule has 1 aromatic heterocycles. The number of benzene rings is 2. The molecule has 0 radical (unpaired) electrons. The van der Waals surface area contributed by atoms with Gasteiger partial charge in [-0.1, -0.05) is 24.6 Å². The third-order valence-electron chi connectivity index (χ3n) is 5.68. The number of ether oxygens (including phenoxy) is 2. The molecule has 1 aliphatic rings. The van der Waals surface area contributed by atoms with E-state index in [2.05, 4.69) is 12.1 Å². The van der Waals surface area contributed by atoms with Crippen molar-refractivity contribution in [3.63, 3.8) is 0 Å². The van der Waals surface area contributed by atoms with Crippen LogP contribution in [0.4, 0.5) is 10.2 Å². The minimum atomic E-state index is -1.04. The number of halogens is 1. The summed E-state index contributed by atoms with van der Waals surface area (Å²) in [4.78, 5) is 27.5. The lowest BCUT2D eigenvalue weighted by atomic mass is 9.95. The number of amides is 1. The molecule has 9 heteroatoms. The number of nitrogens with zero attached hydrogens (tertiary/aromatic N) is 2. The van der Waals surface area contributed by atoms with Crippen LogP contribution in [0.15, 0.2) is 58.6 Å². The van der Waals surface area contributed by atoms with E-state index in [0.29, 0.717) is 29.4 Å². The summed E-state index contributed by atoms with van der Waals surface area (Å²) in [5.74, 6) is -1.24. The van der Waals surface area contributed by atoms with E-state index in [9.17, 15) is 19.1 Å². The normalized spacial score (nSPS) is 17.1. The van der Waals surface area contributed by atoms with Gasteiger partial charge in [0.1, 0.15) is 17.3 Å². The number of aliphatic hydroxyl groups is 1. The maximum absolute atomic E-state index is 13.5. The third kappa shape index (κ3) is 4.62. The Balaban J connectivity index is 1.87. The lowest BCUT2D eigenvalue weighted by Crippen LogP contribution is -2.29. The first kappa shape index (κ1) is 24.0. The van der Waals surface area contributed by atoms with Crippen LogP contribution < -0.4 is 14.4 Å². The molecule has 1 aliphatic heterocycles. The Bertz CT molecular complexity index is 1280. The lowest BCUT2D eigenvalue weighted by molar-refractivity contribution is -0.132. The van der Waals surface area contributed by atoms with Gasteiger partial charge in [-0.15, -0.1) is 0 Å². The number of Topliss-reactive ketones (excluding diaryl/α,β-unsaturated/α-hetero) is 1. The van der Waals surface area contributed by atoms with Crippen molar-refractivity contribution >= 4 is 23.3 Å². The zero-order chi connectivity index (χ0) is 25.1. The van der Waals surface area contributed by atoms with Crippen LogP contribution >= 0.6 is 0 Å². The summed E-state index contributed by atoms with van der Waals surface area (Å²) in [6.45, 7) is 4.22. The molecule has 2 aromatic carbocycles. The fraction of sp³-hybridized carbons (Fsp3) is 0.269. The molecule has 1 unspecified atom stereocenters. The molecule has 1 atom stereocenters. The summed E-state index contributed by atoms with van der Waals surface area (Å²) in [5, 5.41) is 15.0. The van der Waals surface area contributed by atoms with Gasteiger partial charge in [0.05, 0.1) is 25.3 Å². The molecule has 35 heavy (non-hydrogen) atoms. The quantitative estimate of drug-likeness (QED) is 0.211. The fourth-order valence-electron chi connectivity index (χ4n) is 3.91. The van der Waals surface area contributed by atoms with Crippen LogP contribution in [0.1, 0.15) is 42.7 Å². The van der Waals surface area contributed by atoms with Crippen molar-refractivity contribution < 1.29 is 33.1 Å². The number of aromatic nitrogens is 1. The van der Waals surface area contributed by atoms with Gasteiger partial charge in [0.2, 0.25) is 0 Å². The van der Waals surface area contributed by atoms with Crippen molar-refractivity contribution in [1.29, 1.82) is 0 Å². The number of methoxy groups -OCH3 is 1. The highest BCUT2D eigenvalue weighted by atomic mass is 19.1. The standard InChI is InChI=1S/C26H25FN2O6/c1-4-5-12-34-19-11-8-17(14-20(19)33-3)23-22(24(30)16-6-9-18(27)10-7-16)25(31)26(32)29(23)21-13-15(2)35-28-21/h6-11,13-14,23,30H,4-5,12H2,1-3H3/b24-22+. The van der Waals surface area contributed by atoms with E-state index in [0.717, 1.165) is 25.0 Å². The highest BCUT2D eigenvalue weighted by Gasteiger charge is 2.48. The lowest BCUT2D eigenvalue weighted by Gasteiger charge is -2.23. The summed E-state index contributed by atoms with van der Waals surface area (Å²) >= 11 is 0. The molecular formula is C26H25FN2O6. The molecule has 0 bridgehead atoms. The Morgan fingerprint density at radius 2 is 1.89 bits per heavy atom. The number of carbonyl (C=O) groups excluding carboxylic acids is 2. The Morgan fingerprint density at radius 1 is 1.14 bits per heavy atom. The number of hydrogen-bond acceptors (Lipinski definition) is 7. The van der Waals surface area contributed by atoms with E-state index in [-0.39, 0.29) is 17.0 Å². The van der Waals surface area contributed by atoms with Crippen LogP contribution in [0, 0.1) is 12.7 Å². The maximum Gasteiger partial charge on any atom is 0.301 e. The average molecular weight is 480 g/mol. The highest BCUT2D eigenvalue weighted by molar-refractivity contribution is 6.51. The maximum atomic E-state index is 13.5. The first-order valence-electron chi connectivity index (χ1n) is 11.2. The van der Waals surface area contributed by atoms with Gasteiger partial charge in [-0.2, -0.15) is 0 Å². The smallest absolute Gasteiger partial charge is 0.301 e. The van der Waals surface area contributed by atoms with Crippen LogP contribution in [0.3, 0.4) is 0 Å². The number of unbranched alkanes of at least 4 members (excludes halogenated alkanes) is 1.